The van der Waals surface area contributed by atoms with Gasteiger partial charge in [0.05, 0.1) is 12.1 Å². The zero-order valence-corrected chi connectivity index (χ0v) is 13.7. The summed E-state index contributed by atoms with van der Waals surface area (Å²) < 4.78 is 2.13. The van der Waals surface area contributed by atoms with Gasteiger partial charge in [-0.25, -0.2) is 4.79 Å². The number of rotatable bonds is 4. The number of hydrogen-bond donors (Lipinski definition) is 3. The van der Waals surface area contributed by atoms with E-state index in [2.05, 4.69) is 25.4 Å². The fraction of sp³-hybridized carbons (Fsp3) is 0.812. The van der Waals surface area contributed by atoms with E-state index < -0.39 is 5.60 Å². The molecule has 2 heterocycles. The van der Waals surface area contributed by atoms with Crippen LogP contribution in [-0.4, -0.2) is 38.0 Å². The van der Waals surface area contributed by atoms with Crippen molar-refractivity contribution in [1.82, 2.24) is 25.4 Å². The first-order chi connectivity index (χ1) is 11.2. The normalized spacial score (nSPS) is 20.4. The van der Waals surface area contributed by atoms with Crippen LogP contribution >= 0.6 is 0 Å². The molecule has 1 aromatic rings. The molecule has 1 aliphatic heterocycles. The van der Waals surface area contributed by atoms with Crippen LogP contribution in [0.2, 0.25) is 0 Å². The first-order valence-electron chi connectivity index (χ1n) is 8.81. The van der Waals surface area contributed by atoms with Crippen molar-refractivity contribution in [2.45, 2.75) is 76.5 Å². The van der Waals surface area contributed by atoms with E-state index in [4.69, 9.17) is 0 Å². The van der Waals surface area contributed by atoms with Crippen LogP contribution < -0.4 is 10.6 Å². The summed E-state index contributed by atoms with van der Waals surface area (Å²) >= 11 is 0. The third-order valence-corrected chi connectivity index (χ3v) is 4.96. The van der Waals surface area contributed by atoms with Crippen molar-refractivity contribution >= 4 is 6.03 Å². The molecule has 0 unspecified atom stereocenters. The van der Waals surface area contributed by atoms with E-state index in [0.29, 0.717) is 13.1 Å². The number of carbonyl (C=O) groups is 1. The molecule has 128 valence electrons. The highest BCUT2D eigenvalue weighted by Gasteiger charge is 2.29. The Bertz CT molecular complexity index is 537. The second kappa shape index (κ2) is 7.29. The van der Waals surface area contributed by atoms with Gasteiger partial charge in [-0.2, -0.15) is 0 Å². The number of nitrogens with zero attached hydrogens (tertiary/aromatic N) is 3. The summed E-state index contributed by atoms with van der Waals surface area (Å²) in [4.78, 5) is 12.0. The molecule has 1 aliphatic carbocycles. The molecule has 7 nitrogen and oxygen atoms in total. The van der Waals surface area contributed by atoms with Crippen LogP contribution in [0.1, 0.15) is 63.0 Å². The van der Waals surface area contributed by atoms with Crippen molar-refractivity contribution in [3.63, 3.8) is 0 Å². The van der Waals surface area contributed by atoms with Crippen molar-refractivity contribution in [2.75, 3.05) is 6.54 Å². The zero-order valence-electron chi connectivity index (χ0n) is 13.7. The van der Waals surface area contributed by atoms with Crippen molar-refractivity contribution in [1.29, 1.82) is 0 Å². The van der Waals surface area contributed by atoms with Gasteiger partial charge in [0.2, 0.25) is 0 Å². The number of amides is 2. The first kappa shape index (κ1) is 16.2. The van der Waals surface area contributed by atoms with Crippen LogP contribution in [0.15, 0.2) is 0 Å². The second-order valence-electron chi connectivity index (χ2n) is 6.82. The minimum atomic E-state index is -0.735. The molecular formula is C16H27N5O2. The lowest BCUT2D eigenvalue weighted by Gasteiger charge is -2.32. The number of urea groups is 1. The smallest absolute Gasteiger partial charge is 0.315 e. The third kappa shape index (κ3) is 4.22. The molecule has 2 amide bonds. The molecule has 7 heteroatoms. The molecule has 0 bridgehead atoms. The van der Waals surface area contributed by atoms with Crippen molar-refractivity contribution in [3.8, 4) is 0 Å². The van der Waals surface area contributed by atoms with Gasteiger partial charge in [0.1, 0.15) is 5.82 Å². The topological polar surface area (TPSA) is 92.1 Å². The van der Waals surface area contributed by atoms with Crippen LogP contribution in [0.5, 0.6) is 0 Å². The Morgan fingerprint density at radius 3 is 2.70 bits per heavy atom. The summed E-state index contributed by atoms with van der Waals surface area (Å²) in [6.45, 7) is 1.62. The molecule has 1 fully saturated rings. The third-order valence-electron chi connectivity index (χ3n) is 4.96. The Morgan fingerprint density at radius 2 is 1.87 bits per heavy atom. The van der Waals surface area contributed by atoms with Crippen LogP contribution in [0.4, 0.5) is 4.79 Å². The molecule has 3 N–H and O–H groups in total. The summed E-state index contributed by atoms with van der Waals surface area (Å²) in [5.74, 6) is 1.84. The molecule has 0 spiro atoms. The van der Waals surface area contributed by atoms with Gasteiger partial charge in [-0.3, -0.25) is 0 Å². The summed E-state index contributed by atoms with van der Waals surface area (Å²) in [5, 5.41) is 24.4. The summed E-state index contributed by atoms with van der Waals surface area (Å²) in [7, 11) is 0. The Morgan fingerprint density at radius 1 is 1.09 bits per heavy atom. The average molecular weight is 321 g/mol. The zero-order chi connectivity index (χ0) is 16.1. The lowest BCUT2D eigenvalue weighted by atomic mass is 9.85. The van der Waals surface area contributed by atoms with E-state index in [1.54, 1.807) is 0 Å². The fourth-order valence-corrected chi connectivity index (χ4v) is 3.53. The van der Waals surface area contributed by atoms with Crippen LogP contribution in [-0.2, 0) is 19.5 Å². The Balaban J connectivity index is 1.47. The predicted octanol–water partition coefficient (Wildman–Crippen LogP) is 1.50. The monoisotopic (exact) mass is 321 g/mol. The number of carbonyl (C=O) groups excluding carboxylic acids is 1. The van der Waals surface area contributed by atoms with Crippen molar-refractivity contribution in [2.24, 2.45) is 0 Å². The molecular weight excluding hydrogens is 294 g/mol. The van der Waals surface area contributed by atoms with Crippen molar-refractivity contribution in [3.05, 3.63) is 11.6 Å². The number of fused-ring (bicyclic) bond motifs is 1. The number of aliphatic hydroxyl groups is 1. The molecule has 2 aliphatic rings. The van der Waals surface area contributed by atoms with Gasteiger partial charge in [-0.1, -0.05) is 25.7 Å². The summed E-state index contributed by atoms with van der Waals surface area (Å²) in [5.41, 5.74) is -0.735. The van der Waals surface area contributed by atoms with Crippen LogP contribution in [0, 0.1) is 0 Å². The maximum Gasteiger partial charge on any atom is 0.315 e. The maximum absolute atomic E-state index is 12.0. The quantitative estimate of drug-likeness (QED) is 0.783. The van der Waals surface area contributed by atoms with Crippen LogP contribution in [0.25, 0.3) is 0 Å². The predicted molar refractivity (Wildman–Crippen MR) is 85.9 cm³/mol. The van der Waals surface area contributed by atoms with E-state index in [9.17, 15) is 9.90 Å². The lowest BCUT2D eigenvalue weighted by Crippen LogP contribution is -2.47. The molecule has 0 radical (unpaired) electrons. The average Bonchev–Trinajstić information content (AvgIpc) is 2.78. The summed E-state index contributed by atoms with van der Waals surface area (Å²) in [6.07, 6.45) is 9.25. The largest absolute Gasteiger partial charge is 0.388 e. The van der Waals surface area contributed by atoms with Gasteiger partial charge in [0.25, 0.3) is 0 Å². The van der Waals surface area contributed by atoms with Gasteiger partial charge < -0.3 is 20.3 Å². The highest BCUT2D eigenvalue weighted by Crippen LogP contribution is 2.27. The first-order valence-corrected chi connectivity index (χ1v) is 8.81. The number of aryl methyl sites for hydroxylation is 1. The Hall–Kier alpha value is -1.63. The minimum Gasteiger partial charge on any atom is -0.388 e. The molecule has 0 saturated heterocycles. The van der Waals surface area contributed by atoms with Gasteiger partial charge in [-0.15, -0.1) is 10.2 Å². The molecule has 1 saturated carbocycles. The van der Waals surface area contributed by atoms with E-state index >= 15 is 0 Å². The highest BCUT2D eigenvalue weighted by atomic mass is 16.3. The summed E-state index contributed by atoms with van der Waals surface area (Å²) in [6, 6.07) is -0.255. The van der Waals surface area contributed by atoms with Crippen LogP contribution in [0.3, 0.4) is 0 Å². The van der Waals surface area contributed by atoms with E-state index in [1.807, 2.05) is 0 Å². The van der Waals surface area contributed by atoms with Gasteiger partial charge in [-0.05, 0) is 25.7 Å². The fourth-order valence-electron chi connectivity index (χ4n) is 3.53. The van der Waals surface area contributed by atoms with E-state index in [-0.39, 0.29) is 6.03 Å². The highest BCUT2D eigenvalue weighted by molar-refractivity contribution is 5.73. The molecule has 1 aromatic heterocycles. The number of hydrogen-bond acceptors (Lipinski definition) is 4. The van der Waals surface area contributed by atoms with Gasteiger partial charge in [0, 0.05) is 19.5 Å². The molecule has 0 atom stereocenters. The lowest BCUT2D eigenvalue weighted by molar-refractivity contribution is 0.00718. The maximum atomic E-state index is 12.0. The Labute approximate surface area is 136 Å². The number of aromatic nitrogens is 3. The molecule has 3 rings (SSSR count). The van der Waals surface area contributed by atoms with Gasteiger partial charge >= 0.3 is 6.03 Å². The van der Waals surface area contributed by atoms with Crippen molar-refractivity contribution < 1.29 is 9.90 Å². The van der Waals surface area contributed by atoms with E-state index in [0.717, 1.165) is 63.1 Å². The Kier molecular flexibility index (Phi) is 5.15. The van der Waals surface area contributed by atoms with E-state index in [1.165, 1.54) is 12.8 Å². The SMILES string of the molecule is O=C(NCc1nnc2n1CCCCC2)NCC1(O)CCCCC1. The number of nitrogens with one attached hydrogen (secondary N) is 2. The minimum absolute atomic E-state index is 0.255. The van der Waals surface area contributed by atoms with Gasteiger partial charge in [0.15, 0.2) is 5.82 Å². The molecule has 0 aromatic carbocycles. The molecule has 23 heavy (non-hydrogen) atoms. The standard InChI is InChI=1S/C16H27N5O2/c22-15(18-12-16(23)8-4-2-5-9-16)17-11-14-20-19-13-7-3-1-6-10-21(13)14/h23H,1-12H2,(H2,17,18,22). The second-order valence-corrected chi connectivity index (χ2v) is 6.82.